The number of carbonyl (C=O) groups is 1. The number of hydrogen-bond acceptors (Lipinski definition) is 4. The van der Waals surface area contributed by atoms with Crippen LogP contribution in [0, 0.1) is 0 Å². The van der Waals surface area contributed by atoms with E-state index in [-0.39, 0.29) is 18.3 Å². The molecule has 20 heavy (non-hydrogen) atoms. The van der Waals surface area contributed by atoms with Crippen molar-refractivity contribution >= 4 is 18.3 Å². The molecule has 1 amide bonds. The lowest BCUT2D eigenvalue weighted by atomic mass is 10.1. The van der Waals surface area contributed by atoms with Gasteiger partial charge in [0, 0.05) is 25.7 Å². The average molecular weight is 301 g/mol. The van der Waals surface area contributed by atoms with Crippen LogP contribution < -0.4 is 14.8 Å². The zero-order chi connectivity index (χ0) is 13.8. The number of amides is 1. The summed E-state index contributed by atoms with van der Waals surface area (Å²) >= 11 is 0. The number of hydrogen-bond donors (Lipinski definition) is 1. The molecule has 1 saturated heterocycles. The second-order valence-electron chi connectivity index (χ2n) is 4.67. The molecule has 0 unspecified atom stereocenters. The van der Waals surface area contributed by atoms with E-state index in [9.17, 15) is 4.79 Å². The predicted molar refractivity (Wildman–Crippen MR) is 80.2 cm³/mol. The Morgan fingerprint density at radius 1 is 1.35 bits per heavy atom. The van der Waals surface area contributed by atoms with Crippen molar-refractivity contribution in [1.82, 2.24) is 10.2 Å². The lowest BCUT2D eigenvalue weighted by Crippen LogP contribution is -2.51. The van der Waals surface area contributed by atoms with Crippen LogP contribution in [0.3, 0.4) is 0 Å². The van der Waals surface area contributed by atoms with Crippen molar-refractivity contribution in [2.45, 2.75) is 13.0 Å². The van der Waals surface area contributed by atoms with Crippen LogP contribution in [-0.2, 0) is 0 Å². The van der Waals surface area contributed by atoms with Gasteiger partial charge < -0.3 is 19.7 Å². The second kappa shape index (κ2) is 7.36. The van der Waals surface area contributed by atoms with Gasteiger partial charge in [0.1, 0.15) is 11.5 Å². The fourth-order valence-corrected chi connectivity index (χ4v) is 2.27. The zero-order valence-electron chi connectivity index (χ0n) is 12.0. The predicted octanol–water partition coefficient (Wildman–Crippen LogP) is 1.56. The first-order valence-corrected chi connectivity index (χ1v) is 6.40. The third kappa shape index (κ3) is 3.55. The average Bonchev–Trinajstić information content (AvgIpc) is 2.45. The number of benzene rings is 1. The summed E-state index contributed by atoms with van der Waals surface area (Å²) in [5.74, 6) is 1.23. The zero-order valence-corrected chi connectivity index (χ0v) is 12.8. The first-order chi connectivity index (χ1) is 9.15. The molecule has 1 fully saturated rings. The summed E-state index contributed by atoms with van der Waals surface area (Å²) < 4.78 is 10.4. The van der Waals surface area contributed by atoms with E-state index in [0.717, 1.165) is 6.54 Å². The van der Waals surface area contributed by atoms with Crippen molar-refractivity contribution in [3.05, 3.63) is 23.8 Å². The molecule has 0 aliphatic carbocycles. The van der Waals surface area contributed by atoms with Crippen molar-refractivity contribution in [1.29, 1.82) is 0 Å². The quantitative estimate of drug-likeness (QED) is 0.920. The van der Waals surface area contributed by atoms with Crippen molar-refractivity contribution < 1.29 is 14.3 Å². The molecule has 1 aromatic carbocycles. The Kier molecular flexibility index (Phi) is 6.10. The van der Waals surface area contributed by atoms with Gasteiger partial charge in [-0.2, -0.15) is 0 Å². The van der Waals surface area contributed by atoms with E-state index in [0.29, 0.717) is 36.2 Å². The highest BCUT2D eigenvalue weighted by Gasteiger charge is 2.24. The van der Waals surface area contributed by atoms with Gasteiger partial charge in [-0.25, -0.2) is 0 Å². The molecule has 2 rings (SSSR count). The monoisotopic (exact) mass is 300 g/mol. The van der Waals surface area contributed by atoms with E-state index >= 15 is 0 Å². The smallest absolute Gasteiger partial charge is 0.257 e. The maximum Gasteiger partial charge on any atom is 0.257 e. The van der Waals surface area contributed by atoms with Gasteiger partial charge in [0.05, 0.1) is 19.8 Å². The first kappa shape index (κ1) is 16.6. The van der Waals surface area contributed by atoms with Crippen molar-refractivity contribution in [2.24, 2.45) is 0 Å². The number of piperazine rings is 1. The lowest BCUT2D eigenvalue weighted by Gasteiger charge is -2.32. The van der Waals surface area contributed by atoms with Gasteiger partial charge in [-0.3, -0.25) is 4.79 Å². The highest BCUT2D eigenvalue weighted by atomic mass is 35.5. The summed E-state index contributed by atoms with van der Waals surface area (Å²) in [4.78, 5) is 14.4. The van der Waals surface area contributed by atoms with Crippen LogP contribution in [0.4, 0.5) is 0 Å². The molecular weight excluding hydrogens is 280 g/mol. The lowest BCUT2D eigenvalue weighted by molar-refractivity contribution is 0.0705. The van der Waals surface area contributed by atoms with Crippen LogP contribution in [0.25, 0.3) is 0 Å². The van der Waals surface area contributed by atoms with E-state index in [1.807, 2.05) is 4.90 Å². The summed E-state index contributed by atoms with van der Waals surface area (Å²) in [6.45, 7) is 4.31. The Balaban J connectivity index is 0.00000200. The summed E-state index contributed by atoms with van der Waals surface area (Å²) in [5.41, 5.74) is 0.552. The Labute approximate surface area is 125 Å². The molecule has 0 saturated carbocycles. The number of carbonyl (C=O) groups excluding carboxylic acids is 1. The standard InChI is InChI=1S/C14H20N2O3.ClH/c1-10-9-16(7-6-15-10)14(17)12-8-11(18-2)4-5-13(12)19-3;/h4-5,8,10,15H,6-7,9H2,1-3H3;1H/t10-;/m1./s1. The molecule has 0 spiro atoms. The van der Waals surface area contributed by atoms with Gasteiger partial charge in [0.15, 0.2) is 0 Å². The Morgan fingerprint density at radius 3 is 2.70 bits per heavy atom. The molecule has 1 N–H and O–H groups in total. The fourth-order valence-electron chi connectivity index (χ4n) is 2.27. The third-order valence-electron chi connectivity index (χ3n) is 3.29. The maximum atomic E-state index is 12.6. The van der Waals surface area contributed by atoms with Crippen molar-refractivity contribution in [3.8, 4) is 11.5 Å². The molecule has 0 radical (unpaired) electrons. The SMILES string of the molecule is COc1ccc(OC)c(C(=O)N2CCN[C@H](C)C2)c1.Cl. The van der Waals surface area contributed by atoms with E-state index in [2.05, 4.69) is 12.2 Å². The van der Waals surface area contributed by atoms with E-state index in [1.54, 1.807) is 32.4 Å². The summed E-state index contributed by atoms with van der Waals surface area (Å²) in [6, 6.07) is 5.59. The van der Waals surface area contributed by atoms with Gasteiger partial charge >= 0.3 is 0 Å². The Morgan fingerprint density at radius 2 is 2.10 bits per heavy atom. The van der Waals surface area contributed by atoms with E-state index < -0.39 is 0 Å². The maximum absolute atomic E-state index is 12.6. The van der Waals surface area contributed by atoms with Crippen LogP contribution in [0.1, 0.15) is 17.3 Å². The number of nitrogens with zero attached hydrogens (tertiary/aromatic N) is 1. The van der Waals surface area contributed by atoms with Gasteiger partial charge in [0.25, 0.3) is 5.91 Å². The van der Waals surface area contributed by atoms with E-state index in [4.69, 9.17) is 9.47 Å². The summed E-state index contributed by atoms with van der Waals surface area (Å²) in [7, 11) is 3.15. The fraction of sp³-hybridized carbons (Fsp3) is 0.500. The minimum absolute atomic E-state index is 0. The molecule has 112 valence electrons. The first-order valence-electron chi connectivity index (χ1n) is 6.40. The highest BCUT2D eigenvalue weighted by Crippen LogP contribution is 2.25. The molecule has 6 heteroatoms. The second-order valence-corrected chi connectivity index (χ2v) is 4.67. The van der Waals surface area contributed by atoms with Crippen molar-refractivity contribution in [3.63, 3.8) is 0 Å². The van der Waals surface area contributed by atoms with Gasteiger partial charge in [-0.1, -0.05) is 0 Å². The molecule has 1 heterocycles. The number of halogens is 1. The van der Waals surface area contributed by atoms with Crippen LogP contribution >= 0.6 is 12.4 Å². The Bertz CT molecular complexity index is 468. The van der Waals surface area contributed by atoms with Crippen LogP contribution in [0.2, 0.25) is 0 Å². The largest absolute Gasteiger partial charge is 0.497 e. The minimum Gasteiger partial charge on any atom is -0.497 e. The summed E-state index contributed by atoms with van der Waals surface area (Å²) in [5, 5.41) is 3.32. The van der Waals surface area contributed by atoms with Crippen LogP contribution in [0.15, 0.2) is 18.2 Å². The van der Waals surface area contributed by atoms with Crippen LogP contribution in [0.5, 0.6) is 11.5 Å². The van der Waals surface area contributed by atoms with Crippen molar-refractivity contribution in [2.75, 3.05) is 33.9 Å². The number of ether oxygens (including phenoxy) is 2. The molecule has 0 bridgehead atoms. The highest BCUT2D eigenvalue weighted by molar-refractivity contribution is 5.97. The number of rotatable bonds is 3. The minimum atomic E-state index is -0.0101. The molecule has 5 nitrogen and oxygen atoms in total. The van der Waals surface area contributed by atoms with Gasteiger partial charge in [-0.15, -0.1) is 12.4 Å². The Hall–Kier alpha value is -1.46. The number of methoxy groups -OCH3 is 2. The molecule has 0 aromatic heterocycles. The molecule has 1 aliphatic heterocycles. The van der Waals surface area contributed by atoms with Gasteiger partial charge in [-0.05, 0) is 25.1 Å². The van der Waals surface area contributed by atoms with Crippen LogP contribution in [-0.4, -0.2) is 50.7 Å². The third-order valence-corrected chi connectivity index (χ3v) is 3.29. The molecular formula is C14H21ClN2O3. The number of nitrogens with one attached hydrogen (secondary N) is 1. The molecule has 1 aliphatic rings. The summed E-state index contributed by atoms with van der Waals surface area (Å²) in [6.07, 6.45) is 0. The molecule has 1 aromatic rings. The van der Waals surface area contributed by atoms with Gasteiger partial charge in [0.2, 0.25) is 0 Å². The normalized spacial score (nSPS) is 18.1. The van der Waals surface area contributed by atoms with E-state index in [1.165, 1.54) is 0 Å². The molecule has 1 atom stereocenters. The topological polar surface area (TPSA) is 50.8 Å².